The molecule has 0 spiro atoms. The van der Waals surface area contributed by atoms with E-state index in [4.69, 9.17) is 15.5 Å². The standard InChI is InChI=1S/C29H36N8O3/c1-19-26(32-16-24(25(30)38)36-29(39)40-17-20-6-3-2-4-7-20)33-18-34-28(19)37-14-11-21(12-15-37)23-10-9-22-8-5-13-31-27(22)35-23/h2-4,6-7,9-10,18,21,24H,5,8,11-17H2,1H3,(H2,30,38)(H,31,35)(H,36,39)(H,32,33,34). The van der Waals surface area contributed by atoms with Crippen LogP contribution >= 0.6 is 0 Å². The van der Waals surface area contributed by atoms with Gasteiger partial charge in [-0.2, -0.15) is 0 Å². The van der Waals surface area contributed by atoms with Crippen molar-refractivity contribution in [1.82, 2.24) is 20.3 Å². The SMILES string of the molecule is Cc1c(NCC(NC(=O)OCc2ccccc2)C(N)=O)ncnc1N1CCC(c2ccc3c(n2)NCCC3)CC1. The lowest BCUT2D eigenvalue weighted by Gasteiger charge is -2.34. The van der Waals surface area contributed by atoms with Crippen LogP contribution in [0.15, 0.2) is 48.8 Å². The van der Waals surface area contributed by atoms with Gasteiger partial charge in [0.25, 0.3) is 0 Å². The number of rotatable bonds is 9. The Balaban J connectivity index is 1.15. The number of piperidine rings is 1. The molecular weight excluding hydrogens is 508 g/mol. The summed E-state index contributed by atoms with van der Waals surface area (Å²) in [6, 6.07) is 12.7. The molecule has 1 aromatic carbocycles. The monoisotopic (exact) mass is 544 g/mol. The van der Waals surface area contributed by atoms with Crippen molar-refractivity contribution in [1.29, 1.82) is 0 Å². The number of hydrogen-bond donors (Lipinski definition) is 4. The van der Waals surface area contributed by atoms with Crippen molar-refractivity contribution in [2.24, 2.45) is 5.73 Å². The highest BCUT2D eigenvalue weighted by atomic mass is 16.5. The Morgan fingerprint density at radius 1 is 1.15 bits per heavy atom. The molecule has 0 bridgehead atoms. The zero-order chi connectivity index (χ0) is 27.9. The van der Waals surface area contributed by atoms with Gasteiger partial charge in [-0.15, -0.1) is 0 Å². The molecule has 0 aliphatic carbocycles. The van der Waals surface area contributed by atoms with Gasteiger partial charge in [-0.25, -0.2) is 19.7 Å². The van der Waals surface area contributed by atoms with Gasteiger partial charge in [0.1, 0.15) is 36.4 Å². The number of pyridine rings is 1. The van der Waals surface area contributed by atoms with Gasteiger partial charge in [0.2, 0.25) is 5.91 Å². The van der Waals surface area contributed by atoms with Crippen LogP contribution in [0.5, 0.6) is 0 Å². The first kappa shape index (κ1) is 27.2. The molecule has 210 valence electrons. The van der Waals surface area contributed by atoms with Crippen LogP contribution < -0.4 is 26.6 Å². The van der Waals surface area contributed by atoms with Gasteiger partial charge in [-0.1, -0.05) is 36.4 Å². The predicted molar refractivity (Wildman–Crippen MR) is 153 cm³/mol. The van der Waals surface area contributed by atoms with Gasteiger partial charge in [0.15, 0.2) is 0 Å². The van der Waals surface area contributed by atoms with Gasteiger partial charge in [-0.05, 0) is 49.8 Å². The zero-order valence-corrected chi connectivity index (χ0v) is 22.7. The number of amides is 2. The number of aryl methyl sites for hydroxylation is 1. The van der Waals surface area contributed by atoms with E-state index in [1.165, 1.54) is 11.9 Å². The Labute approximate surface area is 233 Å². The number of ether oxygens (including phenoxy) is 1. The summed E-state index contributed by atoms with van der Waals surface area (Å²) in [5.41, 5.74) is 9.71. The largest absolute Gasteiger partial charge is 0.445 e. The van der Waals surface area contributed by atoms with Gasteiger partial charge >= 0.3 is 6.09 Å². The summed E-state index contributed by atoms with van der Waals surface area (Å²) in [6.45, 7) is 4.80. The fourth-order valence-electron chi connectivity index (χ4n) is 5.22. The molecule has 2 amide bonds. The summed E-state index contributed by atoms with van der Waals surface area (Å²) in [4.78, 5) is 40.4. The third-order valence-corrected chi connectivity index (χ3v) is 7.51. The molecule has 2 aliphatic rings. The number of nitrogens with one attached hydrogen (secondary N) is 3. The van der Waals surface area contributed by atoms with E-state index in [9.17, 15) is 9.59 Å². The number of carbonyl (C=O) groups is 2. The second-order valence-corrected chi connectivity index (χ2v) is 10.2. The molecule has 0 radical (unpaired) electrons. The number of benzene rings is 1. The Kier molecular flexibility index (Phi) is 8.58. The van der Waals surface area contributed by atoms with Gasteiger partial charge in [0.05, 0.1) is 0 Å². The number of primary amides is 1. The molecular formula is C29H36N8O3. The molecule has 5 N–H and O–H groups in total. The number of hydrogen-bond acceptors (Lipinski definition) is 9. The summed E-state index contributed by atoms with van der Waals surface area (Å²) in [5.74, 6) is 2.21. The summed E-state index contributed by atoms with van der Waals surface area (Å²) in [6.07, 6.45) is 5.00. The van der Waals surface area contributed by atoms with Crippen molar-refractivity contribution in [3.8, 4) is 0 Å². The molecule has 1 unspecified atom stereocenters. The molecule has 4 heterocycles. The minimum absolute atomic E-state index is 0.0627. The van der Waals surface area contributed by atoms with Crippen molar-refractivity contribution in [3.63, 3.8) is 0 Å². The fraction of sp³-hybridized carbons (Fsp3) is 0.414. The van der Waals surface area contributed by atoms with Gasteiger partial charge < -0.3 is 31.3 Å². The van der Waals surface area contributed by atoms with Gasteiger partial charge in [0, 0.05) is 43.4 Å². The Hall–Kier alpha value is -4.41. The second-order valence-electron chi connectivity index (χ2n) is 10.2. The first-order valence-electron chi connectivity index (χ1n) is 13.8. The first-order valence-corrected chi connectivity index (χ1v) is 13.8. The van der Waals surface area contributed by atoms with Gasteiger partial charge in [-0.3, -0.25) is 4.79 Å². The molecule has 5 rings (SSSR count). The van der Waals surface area contributed by atoms with E-state index in [0.717, 1.165) is 73.8 Å². The number of carbonyl (C=O) groups excluding carboxylic acids is 2. The molecule has 3 aromatic rings. The number of fused-ring (bicyclic) bond motifs is 1. The predicted octanol–water partition coefficient (Wildman–Crippen LogP) is 3.11. The molecule has 11 heteroatoms. The molecule has 1 atom stereocenters. The lowest BCUT2D eigenvalue weighted by molar-refractivity contribution is -0.119. The molecule has 1 saturated heterocycles. The van der Waals surface area contributed by atoms with Crippen molar-refractivity contribution in [3.05, 3.63) is 71.2 Å². The topological polar surface area (TPSA) is 147 Å². The first-order chi connectivity index (χ1) is 19.5. The summed E-state index contributed by atoms with van der Waals surface area (Å²) < 4.78 is 5.22. The second kappa shape index (κ2) is 12.6. The molecule has 11 nitrogen and oxygen atoms in total. The van der Waals surface area contributed by atoms with Crippen LogP contribution in [0, 0.1) is 6.92 Å². The van der Waals surface area contributed by atoms with E-state index >= 15 is 0 Å². The van der Waals surface area contributed by atoms with Crippen molar-refractivity contribution >= 4 is 29.5 Å². The number of nitrogens with zero attached hydrogens (tertiary/aromatic N) is 4. The lowest BCUT2D eigenvalue weighted by atomic mass is 9.92. The summed E-state index contributed by atoms with van der Waals surface area (Å²) in [5, 5.41) is 9.12. The average molecular weight is 545 g/mol. The summed E-state index contributed by atoms with van der Waals surface area (Å²) in [7, 11) is 0. The Bertz CT molecular complexity index is 1330. The van der Waals surface area contributed by atoms with E-state index in [1.807, 2.05) is 37.3 Å². The van der Waals surface area contributed by atoms with Crippen molar-refractivity contribution in [2.45, 2.75) is 51.2 Å². The van der Waals surface area contributed by atoms with E-state index in [0.29, 0.717) is 11.7 Å². The number of nitrogens with two attached hydrogens (primary N) is 1. The third-order valence-electron chi connectivity index (χ3n) is 7.51. The Morgan fingerprint density at radius 3 is 2.73 bits per heavy atom. The average Bonchev–Trinajstić information content (AvgIpc) is 2.99. The van der Waals surface area contributed by atoms with Crippen LogP contribution in [0.25, 0.3) is 0 Å². The minimum Gasteiger partial charge on any atom is -0.445 e. The maximum Gasteiger partial charge on any atom is 0.408 e. The maximum atomic E-state index is 12.3. The molecule has 0 saturated carbocycles. The van der Waals surface area contributed by atoms with E-state index in [-0.39, 0.29) is 13.2 Å². The summed E-state index contributed by atoms with van der Waals surface area (Å²) >= 11 is 0. The van der Waals surface area contributed by atoms with Crippen molar-refractivity contribution < 1.29 is 14.3 Å². The lowest BCUT2D eigenvalue weighted by Crippen LogP contribution is -2.48. The molecule has 2 aliphatic heterocycles. The molecule has 40 heavy (non-hydrogen) atoms. The van der Waals surface area contributed by atoms with Crippen LogP contribution in [0.2, 0.25) is 0 Å². The normalized spacial score (nSPS) is 15.9. The van der Waals surface area contributed by atoms with Crippen LogP contribution in [0.3, 0.4) is 0 Å². The smallest absolute Gasteiger partial charge is 0.408 e. The quantitative estimate of drug-likeness (QED) is 0.319. The number of anilines is 3. The van der Waals surface area contributed by atoms with E-state index < -0.39 is 18.0 Å². The fourth-order valence-corrected chi connectivity index (χ4v) is 5.22. The van der Waals surface area contributed by atoms with E-state index in [2.05, 4.69) is 43.0 Å². The van der Waals surface area contributed by atoms with Crippen LogP contribution in [0.1, 0.15) is 47.6 Å². The third kappa shape index (κ3) is 6.59. The zero-order valence-electron chi connectivity index (χ0n) is 22.7. The maximum absolute atomic E-state index is 12.3. The van der Waals surface area contributed by atoms with Crippen LogP contribution in [-0.4, -0.2) is 59.2 Å². The Morgan fingerprint density at radius 2 is 1.95 bits per heavy atom. The molecule has 2 aromatic heterocycles. The van der Waals surface area contributed by atoms with Crippen LogP contribution in [-0.2, 0) is 22.6 Å². The highest BCUT2D eigenvalue weighted by molar-refractivity contribution is 5.84. The van der Waals surface area contributed by atoms with E-state index in [1.54, 1.807) is 0 Å². The number of alkyl carbamates (subject to hydrolysis) is 1. The minimum atomic E-state index is -0.976. The van der Waals surface area contributed by atoms with Crippen molar-refractivity contribution in [2.75, 3.05) is 41.7 Å². The highest BCUT2D eigenvalue weighted by Gasteiger charge is 2.26. The highest BCUT2D eigenvalue weighted by Crippen LogP contribution is 2.33. The molecule has 1 fully saturated rings. The van der Waals surface area contributed by atoms with Crippen LogP contribution in [0.4, 0.5) is 22.2 Å². The number of aromatic nitrogens is 3.